The maximum absolute atomic E-state index is 12.7. The van der Waals surface area contributed by atoms with Gasteiger partial charge in [-0.1, -0.05) is 83.9 Å². The van der Waals surface area contributed by atoms with Gasteiger partial charge < -0.3 is 10.1 Å². The van der Waals surface area contributed by atoms with Crippen molar-refractivity contribution in [3.8, 4) is 5.75 Å². The SMILES string of the molecule is O=C1N/C(=C/c2cc(Cl)c(OCc3ccccc3)c(Cl)c2)C(=O)N1Cc1ccccc1. The second-order valence-electron chi connectivity index (χ2n) is 6.95. The fraction of sp³-hybridized carbons (Fsp3) is 0.0833. The number of carbonyl (C=O) groups excluding carboxylic acids is 2. The summed E-state index contributed by atoms with van der Waals surface area (Å²) in [5.41, 5.74) is 2.58. The van der Waals surface area contributed by atoms with Crippen molar-refractivity contribution in [2.24, 2.45) is 0 Å². The number of imide groups is 1. The molecule has 3 amide bonds. The van der Waals surface area contributed by atoms with Gasteiger partial charge in [0, 0.05) is 0 Å². The van der Waals surface area contributed by atoms with Gasteiger partial charge >= 0.3 is 6.03 Å². The van der Waals surface area contributed by atoms with Gasteiger partial charge in [0.25, 0.3) is 5.91 Å². The van der Waals surface area contributed by atoms with E-state index in [9.17, 15) is 9.59 Å². The third-order valence-electron chi connectivity index (χ3n) is 4.70. The van der Waals surface area contributed by atoms with Crippen LogP contribution in [0.2, 0.25) is 10.0 Å². The topological polar surface area (TPSA) is 58.6 Å². The Labute approximate surface area is 189 Å². The quantitative estimate of drug-likeness (QED) is 0.387. The van der Waals surface area contributed by atoms with Crippen molar-refractivity contribution in [1.82, 2.24) is 10.2 Å². The van der Waals surface area contributed by atoms with Crippen LogP contribution in [0.5, 0.6) is 5.75 Å². The highest BCUT2D eigenvalue weighted by atomic mass is 35.5. The number of hydrogen-bond donors (Lipinski definition) is 1. The van der Waals surface area contributed by atoms with E-state index in [1.165, 1.54) is 0 Å². The molecule has 0 bridgehead atoms. The fourth-order valence-electron chi connectivity index (χ4n) is 3.18. The first-order valence-corrected chi connectivity index (χ1v) is 10.3. The minimum atomic E-state index is -0.472. The molecule has 1 aliphatic heterocycles. The average molecular weight is 453 g/mol. The molecular weight excluding hydrogens is 435 g/mol. The van der Waals surface area contributed by atoms with Crippen LogP contribution in [-0.2, 0) is 17.9 Å². The van der Waals surface area contributed by atoms with E-state index in [0.29, 0.717) is 28.0 Å². The minimum Gasteiger partial charge on any atom is -0.486 e. The average Bonchev–Trinajstić information content (AvgIpc) is 3.02. The van der Waals surface area contributed by atoms with Crippen molar-refractivity contribution in [3.05, 3.63) is 105 Å². The number of nitrogens with zero attached hydrogens (tertiary/aromatic N) is 1. The summed E-state index contributed by atoms with van der Waals surface area (Å²) in [5.74, 6) is -0.0488. The van der Waals surface area contributed by atoms with Crippen LogP contribution >= 0.6 is 23.2 Å². The van der Waals surface area contributed by atoms with Crippen LogP contribution < -0.4 is 10.1 Å². The van der Waals surface area contributed by atoms with E-state index in [1.54, 1.807) is 18.2 Å². The molecule has 7 heteroatoms. The summed E-state index contributed by atoms with van der Waals surface area (Å²) in [5, 5.41) is 3.23. The van der Waals surface area contributed by atoms with Crippen LogP contribution in [0.25, 0.3) is 6.08 Å². The zero-order valence-electron chi connectivity index (χ0n) is 16.3. The molecular formula is C24H18Cl2N2O3. The second kappa shape index (κ2) is 9.25. The maximum atomic E-state index is 12.7. The predicted octanol–water partition coefficient (Wildman–Crippen LogP) is 5.67. The molecule has 156 valence electrons. The van der Waals surface area contributed by atoms with Crippen LogP contribution in [0.3, 0.4) is 0 Å². The molecule has 1 fully saturated rings. The molecule has 5 nitrogen and oxygen atoms in total. The van der Waals surface area contributed by atoms with Gasteiger partial charge in [-0.15, -0.1) is 0 Å². The number of amides is 3. The Hall–Kier alpha value is -3.28. The van der Waals surface area contributed by atoms with Crippen molar-refractivity contribution >= 4 is 41.2 Å². The lowest BCUT2D eigenvalue weighted by molar-refractivity contribution is -0.123. The minimum absolute atomic E-state index is 0.158. The van der Waals surface area contributed by atoms with Crippen molar-refractivity contribution in [2.75, 3.05) is 0 Å². The highest BCUT2D eigenvalue weighted by molar-refractivity contribution is 6.37. The van der Waals surface area contributed by atoms with Gasteiger partial charge in [-0.25, -0.2) is 4.79 Å². The smallest absolute Gasteiger partial charge is 0.329 e. The lowest BCUT2D eigenvalue weighted by Gasteiger charge is -2.12. The Kier molecular flexibility index (Phi) is 6.26. The Morgan fingerprint density at radius 1 is 0.871 bits per heavy atom. The maximum Gasteiger partial charge on any atom is 0.329 e. The normalized spacial score (nSPS) is 14.8. The summed E-state index contributed by atoms with van der Waals surface area (Å²) in [7, 11) is 0. The molecule has 3 aromatic rings. The molecule has 4 rings (SSSR count). The van der Waals surface area contributed by atoms with Crippen LogP contribution in [-0.4, -0.2) is 16.8 Å². The Bertz CT molecular complexity index is 1120. The summed E-state index contributed by atoms with van der Waals surface area (Å²) >= 11 is 12.7. The molecule has 0 unspecified atom stereocenters. The molecule has 0 atom stereocenters. The predicted molar refractivity (Wildman–Crippen MR) is 121 cm³/mol. The van der Waals surface area contributed by atoms with Gasteiger partial charge in [-0.2, -0.15) is 0 Å². The van der Waals surface area contributed by atoms with E-state index >= 15 is 0 Å². The van der Waals surface area contributed by atoms with E-state index in [-0.39, 0.29) is 12.2 Å². The molecule has 1 heterocycles. The molecule has 0 spiro atoms. The standard InChI is InChI=1S/C24H18Cl2N2O3/c25-19-11-18(12-20(26)22(19)31-15-17-9-5-2-6-10-17)13-21-23(29)28(24(30)27-21)14-16-7-3-1-4-8-16/h1-13H,14-15H2,(H,27,30)/b21-13+. The number of hydrogen-bond acceptors (Lipinski definition) is 3. The third-order valence-corrected chi connectivity index (χ3v) is 5.26. The molecule has 31 heavy (non-hydrogen) atoms. The monoisotopic (exact) mass is 452 g/mol. The van der Waals surface area contributed by atoms with Crippen LogP contribution in [0.4, 0.5) is 4.79 Å². The zero-order valence-corrected chi connectivity index (χ0v) is 17.9. The zero-order chi connectivity index (χ0) is 21.8. The van der Waals surface area contributed by atoms with E-state index < -0.39 is 11.9 Å². The third kappa shape index (κ3) is 4.90. The van der Waals surface area contributed by atoms with Crippen molar-refractivity contribution in [3.63, 3.8) is 0 Å². The first-order valence-electron chi connectivity index (χ1n) is 9.55. The molecule has 0 radical (unpaired) electrons. The Morgan fingerprint density at radius 2 is 1.45 bits per heavy atom. The molecule has 1 saturated heterocycles. The molecule has 1 N–H and O–H groups in total. The number of rotatable bonds is 6. The van der Waals surface area contributed by atoms with Gasteiger partial charge in [-0.3, -0.25) is 9.69 Å². The first kappa shape index (κ1) is 21.0. The largest absolute Gasteiger partial charge is 0.486 e. The second-order valence-corrected chi connectivity index (χ2v) is 7.77. The number of ether oxygens (including phenoxy) is 1. The summed E-state index contributed by atoms with van der Waals surface area (Å²) in [6, 6.07) is 21.8. The van der Waals surface area contributed by atoms with E-state index in [1.807, 2.05) is 60.7 Å². The van der Waals surface area contributed by atoms with Crippen LogP contribution in [0.1, 0.15) is 16.7 Å². The van der Waals surface area contributed by atoms with Crippen molar-refractivity contribution in [2.45, 2.75) is 13.2 Å². The molecule has 3 aromatic carbocycles. The lowest BCUT2D eigenvalue weighted by Crippen LogP contribution is -2.30. The number of nitrogens with one attached hydrogen (secondary N) is 1. The molecule has 0 aromatic heterocycles. The van der Waals surface area contributed by atoms with Gasteiger partial charge in [0.15, 0.2) is 5.75 Å². The number of benzene rings is 3. The number of halogens is 2. The summed E-state index contributed by atoms with van der Waals surface area (Å²) in [6.07, 6.45) is 1.55. The number of carbonyl (C=O) groups is 2. The van der Waals surface area contributed by atoms with Gasteiger partial charge in [-0.05, 0) is 34.9 Å². The Morgan fingerprint density at radius 3 is 2.06 bits per heavy atom. The summed E-state index contributed by atoms with van der Waals surface area (Å²) < 4.78 is 5.77. The van der Waals surface area contributed by atoms with E-state index in [4.69, 9.17) is 27.9 Å². The highest BCUT2D eigenvalue weighted by Gasteiger charge is 2.33. The van der Waals surface area contributed by atoms with Crippen molar-refractivity contribution < 1.29 is 14.3 Å². The van der Waals surface area contributed by atoms with E-state index in [2.05, 4.69) is 5.32 Å². The summed E-state index contributed by atoms with van der Waals surface area (Å²) in [6.45, 7) is 0.514. The Balaban J connectivity index is 1.50. The van der Waals surface area contributed by atoms with E-state index in [0.717, 1.165) is 16.0 Å². The molecule has 0 saturated carbocycles. The van der Waals surface area contributed by atoms with Crippen molar-refractivity contribution in [1.29, 1.82) is 0 Å². The highest BCUT2D eigenvalue weighted by Crippen LogP contribution is 2.35. The first-order chi connectivity index (χ1) is 15.0. The van der Waals surface area contributed by atoms with Crippen LogP contribution in [0, 0.1) is 0 Å². The van der Waals surface area contributed by atoms with Gasteiger partial charge in [0.05, 0.1) is 16.6 Å². The molecule has 1 aliphatic rings. The van der Waals surface area contributed by atoms with Crippen LogP contribution in [0.15, 0.2) is 78.5 Å². The summed E-state index contributed by atoms with van der Waals surface area (Å²) in [4.78, 5) is 26.1. The molecule has 0 aliphatic carbocycles. The fourth-order valence-corrected chi connectivity index (χ4v) is 3.79. The number of urea groups is 1. The van der Waals surface area contributed by atoms with Gasteiger partial charge in [0.1, 0.15) is 12.3 Å². The lowest BCUT2D eigenvalue weighted by atomic mass is 10.1. The van der Waals surface area contributed by atoms with Gasteiger partial charge in [0.2, 0.25) is 0 Å².